The molecule has 114 valence electrons. The lowest BCUT2D eigenvalue weighted by molar-refractivity contribution is 0.189. The molecule has 2 heterocycles. The highest BCUT2D eigenvalue weighted by Crippen LogP contribution is 2.18. The Labute approximate surface area is 128 Å². The molecule has 0 saturated heterocycles. The molecule has 0 aromatic carbocycles. The van der Waals surface area contributed by atoms with E-state index in [2.05, 4.69) is 10.3 Å². The van der Waals surface area contributed by atoms with Gasteiger partial charge in [0.1, 0.15) is 4.21 Å². The van der Waals surface area contributed by atoms with Gasteiger partial charge in [-0.05, 0) is 36.1 Å². The van der Waals surface area contributed by atoms with Crippen molar-refractivity contribution in [2.75, 3.05) is 12.3 Å². The molecule has 0 fully saturated rings. The van der Waals surface area contributed by atoms with Gasteiger partial charge in [-0.3, -0.25) is 4.98 Å². The predicted octanol–water partition coefficient (Wildman–Crippen LogP) is 1.63. The van der Waals surface area contributed by atoms with Gasteiger partial charge < -0.3 is 10.4 Å². The van der Waals surface area contributed by atoms with Crippen molar-refractivity contribution in [1.82, 2.24) is 10.3 Å². The van der Waals surface area contributed by atoms with Crippen molar-refractivity contribution in [2.24, 2.45) is 0 Å². The van der Waals surface area contributed by atoms with E-state index in [0.29, 0.717) is 4.21 Å². The van der Waals surface area contributed by atoms with E-state index in [9.17, 15) is 13.5 Å². The topological polar surface area (TPSA) is 79.3 Å². The summed E-state index contributed by atoms with van der Waals surface area (Å²) >= 11 is 1.17. The first-order chi connectivity index (χ1) is 9.99. The van der Waals surface area contributed by atoms with Gasteiger partial charge >= 0.3 is 0 Å². The van der Waals surface area contributed by atoms with Crippen LogP contribution in [-0.4, -0.2) is 36.9 Å². The van der Waals surface area contributed by atoms with Crippen LogP contribution in [0, 0.1) is 0 Å². The fourth-order valence-corrected chi connectivity index (χ4v) is 4.40. The van der Waals surface area contributed by atoms with Gasteiger partial charge in [-0.15, -0.1) is 11.3 Å². The lowest BCUT2D eigenvalue weighted by Gasteiger charge is -2.17. The Morgan fingerprint density at radius 2 is 2.05 bits per heavy atom. The summed E-state index contributed by atoms with van der Waals surface area (Å²) in [5, 5.41) is 14.8. The SMILES string of the molecule is CC(NCC(O)CS(=O)(=O)c1cccs1)c1ccncc1. The molecule has 2 N–H and O–H groups in total. The highest BCUT2D eigenvalue weighted by Gasteiger charge is 2.21. The van der Waals surface area contributed by atoms with Gasteiger partial charge in [-0.2, -0.15) is 0 Å². The van der Waals surface area contributed by atoms with Crippen LogP contribution in [0.2, 0.25) is 0 Å². The van der Waals surface area contributed by atoms with Gasteiger partial charge in [0.05, 0.1) is 11.9 Å². The van der Waals surface area contributed by atoms with E-state index in [4.69, 9.17) is 0 Å². The lowest BCUT2D eigenvalue weighted by Crippen LogP contribution is -2.33. The number of aromatic nitrogens is 1. The molecule has 5 nitrogen and oxygen atoms in total. The summed E-state index contributed by atoms with van der Waals surface area (Å²) in [7, 11) is -3.41. The molecule has 0 radical (unpaired) electrons. The molecule has 21 heavy (non-hydrogen) atoms. The molecule has 0 saturated carbocycles. The van der Waals surface area contributed by atoms with Crippen LogP contribution in [-0.2, 0) is 9.84 Å². The van der Waals surface area contributed by atoms with Crippen LogP contribution in [0.1, 0.15) is 18.5 Å². The monoisotopic (exact) mass is 326 g/mol. The van der Waals surface area contributed by atoms with Crippen LogP contribution in [0.15, 0.2) is 46.2 Å². The third-order valence-corrected chi connectivity index (χ3v) is 6.36. The number of aliphatic hydroxyl groups excluding tert-OH is 1. The summed E-state index contributed by atoms with van der Waals surface area (Å²) in [6.07, 6.45) is 2.46. The Morgan fingerprint density at radius 1 is 1.33 bits per heavy atom. The number of aliphatic hydroxyl groups is 1. The van der Waals surface area contributed by atoms with Crippen LogP contribution in [0.5, 0.6) is 0 Å². The average Bonchev–Trinajstić information content (AvgIpc) is 3.00. The van der Waals surface area contributed by atoms with E-state index in [1.54, 1.807) is 29.9 Å². The van der Waals surface area contributed by atoms with Crippen LogP contribution in [0.25, 0.3) is 0 Å². The maximum Gasteiger partial charge on any atom is 0.190 e. The zero-order chi connectivity index (χ0) is 15.3. The van der Waals surface area contributed by atoms with Crippen molar-refractivity contribution in [3.63, 3.8) is 0 Å². The molecule has 0 aliphatic heterocycles. The predicted molar refractivity (Wildman–Crippen MR) is 83.0 cm³/mol. The Bertz CT molecular complexity index is 642. The number of pyridine rings is 1. The molecular weight excluding hydrogens is 308 g/mol. The number of nitrogens with zero attached hydrogens (tertiary/aromatic N) is 1. The standard InChI is InChI=1S/C14H18N2O3S2/c1-11(12-4-6-15-7-5-12)16-9-13(17)10-21(18,19)14-3-2-8-20-14/h2-8,11,13,16-17H,9-10H2,1H3. The van der Waals surface area contributed by atoms with E-state index < -0.39 is 15.9 Å². The minimum atomic E-state index is -3.41. The summed E-state index contributed by atoms with van der Waals surface area (Å²) in [5.41, 5.74) is 1.04. The molecule has 2 aromatic heterocycles. The lowest BCUT2D eigenvalue weighted by atomic mass is 10.1. The average molecular weight is 326 g/mol. The summed E-state index contributed by atoms with van der Waals surface area (Å²) in [5.74, 6) is -0.274. The maximum absolute atomic E-state index is 12.0. The Kier molecular flexibility index (Phi) is 5.46. The molecule has 2 atom stereocenters. The maximum atomic E-state index is 12.0. The van der Waals surface area contributed by atoms with Gasteiger partial charge in [-0.25, -0.2) is 8.42 Å². The number of nitrogens with one attached hydrogen (secondary N) is 1. The number of rotatable bonds is 7. The Morgan fingerprint density at radius 3 is 2.67 bits per heavy atom. The summed E-state index contributed by atoms with van der Waals surface area (Å²) in [4.78, 5) is 3.94. The number of sulfone groups is 1. The minimum absolute atomic E-state index is 0.0205. The minimum Gasteiger partial charge on any atom is -0.391 e. The van der Waals surface area contributed by atoms with Gasteiger partial charge in [0.15, 0.2) is 9.84 Å². The highest BCUT2D eigenvalue weighted by molar-refractivity contribution is 7.93. The smallest absolute Gasteiger partial charge is 0.190 e. The third kappa shape index (κ3) is 4.60. The Hall–Kier alpha value is -1.28. The van der Waals surface area contributed by atoms with E-state index in [1.807, 2.05) is 19.1 Å². The fourth-order valence-electron chi connectivity index (χ4n) is 1.92. The van der Waals surface area contributed by atoms with Crippen molar-refractivity contribution in [2.45, 2.75) is 23.3 Å². The van der Waals surface area contributed by atoms with Crippen molar-refractivity contribution in [3.05, 3.63) is 47.6 Å². The molecule has 0 amide bonds. The highest BCUT2D eigenvalue weighted by atomic mass is 32.2. The molecule has 0 aliphatic rings. The Balaban J connectivity index is 1.87. The fraction of sp³-hybridized carbons (Fsp3) is 0.357. The van der Waals surface area contributed by atoms with Crippen molar-refractivity contribution >= 4 is 21.2 Å². The van der Waals surface area contributed by atoms with Crippen LogP contribution in [0.4, 0.5) is 0 Å². The van der Waals surface area contributed by atoms with E-state index in [0.717, 1.165) is 5.56 Å². The first kappa shape index (κ1) is 16.1. The first-order valence-electron chi connectivity index (χ1n) is 6.56. The summed E-state index contributed by atoms with van der Waals surface area (Å²) in [6, 6.07) is 7.03. The van der Waals surface area contributed by atoms with Gasteiger partial charge in [0.2, 0.25) is 0 Å². The molecule has 2 aromatic rings. The number of hydrogen-bond donors (Lipinski definition) is 2. The largest absolute Gasteiger partial charge is 0.391 e. The van der Waals surface area contributed by atoms with Gasteiger partial charge in [0, 0.05) is 25.0 Å². The molecule has 0 bridgehead atoms. The molecule has 2 rings (SSSR count). The van der Waals surface area contributed by atoms with Crippen LogP contribution in [0.3, 0.4) is 0 Å². The molecule has 2 unspecified atom stereocenters. The second-order valence-electron chi connectivity index (χ2n) is 4.78. The van der Waals surface area contributed by atoms with Crippen molar-refractivity contribution < 1.29 is 13.5 Å². The second kappa shape index (κ2) is 7.13. The molecule has 7 heteroatoms. The van der Waals surface area contributed by atoms with Crippen LogP contribution < -0.4 is 5.32 Å². The van der Waals surface area contributed by atoms with Gasteiger partial charge in [-0.1, -0.05) is 6.07 Å². The molecule has 0 spiro atoms. The van der Waals surface area contributed by atoms with Crippen molar-refractivity contribution in [3.8, 4) is 0 Å². The summed E-state index contributed by atoms with van der Waals surface area (Å²) < 4.78 is 24.4. The van der Waals surface area contributed by atoms with Crippen LogP contribution >= 0.6 is 11.3 Å². The van der Waals surface area contributed by atoms with Gasteiger partial charge in [0.25, 0.3) is 0 Å². The molecular formula is C14H18N2O3S2. The zero-order valence-corrected chi connectivity index (χ0v) is 13.3. The quantitative estimate of drug-likeness (QED) is 0.808. The van der Waals surface area contributed by atoms with E-state index >= 15 is 0 Å². The third-order valence-electron chi connectivity index (χ3n) is 3.08. The second-order valence-corrected chi connectivity index (χ2v) is 7.99. The summed E-state index contributed by atoms with van der Waals surface area (Å²) in [6.45, 7) is 2.17. The van der Waals surface area contributed by atoms with E-state index in [1.165, 1.54) is 11.3 Å². The molecule has 0 aliphatic carbocycles. The van der Waals surface area contributed by atoms with E-state index in [-0.39, 0.29) is 18.3 Å². The first-order valence-corrected chi connectivity index (χ1v) is 9.10. The number of hydrogen-bond acceptors (Lipinski definition) is 6. The van der Waals surface area contributed by atoms with Crippen molar-refractivity contribution in [1.29, 1.82) is 0 Å². The number of thiophene rings is 1. The normalized spacial score (nSPS) is 14.8. The zero-order valence-electron chi connectivity index (χ0n) is 11.6.